The molecule has 0 aliphatic carbocycles. The summed E-state index contributed by atoms with van der Waals surface area (Å²) in [5.74, 6) is 1.14. The lowest BCUT2D eigenvalue weighted by Crippen LogP contribution is -2.16. The van der Waals surface area contributed by atoms with Gasteiger partial charge in [0.2, 0.25) is 11.9 Å². The molecule has 0 atom stereocenters. The molecule has 1 amide bonds. The molecular weight excluding hydrogens is 470 g/mol. The van der Waals surface area contributed by atoms with Crippen molar-refractivity contribution in [2.45, 2.75) is 12.3 Å². The molecular formula is C23H19N7O2S2. The van der Waals surface area contributed by atoms with Gasteiger partial charge in [0.15, 0.2) is 0 Å². The van der Waals surface area contributed by atoms with Crippen LogP contribution in [0.25, 0.3) is 21.3 Å². The van der Waals surface area contributed by atoms with Gasteiger partial charge >= 0.3 is 0 Å². The van der Waals surface area contributed by atoms with E-state index in [1.54, 1.807) is 23.4 Å². The predicted octanol–water partition coefficient (Wildman–Crippen LogP) is 3.56. The first-order valence-electron chi connectivity index (χ1n) is 10.4. The summed E-state index contributed by atoms with van der Waals surface area (Å²) in [6.07, 6.45) is 5.02. The van der Waals surface area contributed by atoms with Crippen LogP contribution in [0.3, 0.4) is 0 Å². The molecule has 9 nitrogen and oxygen atoms in total. The number of thioether (sulfide) groups is 1. The van der Waals surface area contributed by atoms with Crippen LogP contribution in [0.1, 0.15) is 11.4 Å². The number of H-pyrrole nitrogens is 1. The Kier molecular flexibility index (Phi) is 6.45. The van der Waals surface area contributed by atoms with Gasteiger partial charge in [0.1, 0.15) is 17.0 Å². The monoisotopic (exact) mass is 489 g/mol. The molecule has 34 heavy (non-hydrogen) atoms. The molecule has 11 heteroatoms. The van der Waals surface area contributed by atoms with E-state index in [1.165, 1.54) is 23.1 Å². The van der Waals surface area contributed by atoms with Crippen molar-refractivity contribution in [3.63, 3.8) is 0 Å². The third-order valence-electron chi connectivity index (χ3n) is 4.90. The van der Waals surface area contributed by atoms with E-state index in [0.717, 1.165) is 16.7 Å². The Balaban J connectivity index is 1.17. The second-order valence-corrected chi connectivity index (χ2v) is 9.22. The summed E-state index contributed by atoms with van der Waals surface area (Å²) in [5, 5.41) is 9.50. The Morgan fingerprint density at radius 2 is 2.06 bits per heavy atom. The first-order chi connectivity index (χ1) is 16.7. The second kappa shape index (κ2) is 9.98. The van der Waals surface area contributed by atoms with Gasteiger partial charge in [0.05, 0.1) is 23.4 Å². The number of anilines is 1. The Bertz CT molecular complexity index is 1480. The van der Waals surface area contributed by atoms with Gasteiger partial charge in [-0.05, 0) is 17.2 Å². The molecule has 0 bridgehead atoms. The summed E-state index contributed by atoms with van der Waals surface area (Å²) in [5.41, 5.74) is 2.68. The number of benzene rings is 1. The van der Waals surface area contributed by atoms with Crippen LogP contribution in [0.15, 0.2) is 71.4 Å². The molecule has 0 unspecified atom stereocenters. The SMILES string of the molecule is O=C(CSCc1nc2scc(-c3ccccc3)c2c(=O)[nH]1)Nc1ncn(Cc2cccnc2)n1. The van der Waals surface area contributed by atoms with Crippen molar-refractivity contribution < 1.29 is 4.79 Å². The second-order valence-electron chi connectivity index (χ2n) is 7.38. The zero-order valence-electron chi connectivity index (χ0n) is 17.8. The number of carbonyl (C=O) groups excluding carboxylic acids is 1. The maximum Gasteiger partial charge on any atom is 0.260 e. The lowest BCUT2D eigenvalue weighted by atomic mass is 10.1. The van der Waals surface area contributed by atoms with Gasteiger partial charge in [0.25, 0.3) is 5.56 Å². The van der Waals surface area contributed by atoms with Crippen LogP contribution >= 0.6 is 23.1 Å². The minimum Gasteiger partial charge on any atom is -0.309 e. The molecule has 170 valence electrons. The zero-order valence-corrected chi connectivity index (χ0v) is 19.5. The summed E-state index contributed by atoms with van der Waals surface area (Å²) in [6, 6.07) is 13.6. The van der Waals surface area contributed by atoms with E-state index >= 15 is 0 Å². The summed E-state index contributed by atoms with van der Waals surface area (Å²) in [7, 11) is 0. The highest BCUT2D eigenvalue weighted by molar-refractivity contribution is 7.99. The first kappa shape index (κ1) is 22.0. The lowest BCUT2D eigenvalue weighted by molar-refractivity contribution is -0.113. The van der Waals surface area contributed by atoms with Crippen LogP contribution < -0.4 is 10.9 Å². The molecule has 1 aromatic carbocycles. The molecule has 0 saturated heterocycles. The van der Waals surface area contributed by atoms with E-state index in [-0.39, 0.29) is 23.2 Å². The van der Waals surface area contributed by atoms with Crippen molar-refractivity contribution in [2.24, 2.45) is 0 Å². The highest BCUT2D eigenvalue weighted by Crippen LogP contribution is 2.30. The van der Waals surface area contributed by atoms with Gasteiger partial charge in [-0.3, -0.25) is 19.9 Å². The van der Waals surface area contributed by atoms with E-state index in [4.69, 9.17) is 0 Å². The summed E-state index contributed by atoms with van der Waals surface area (Å²) < 4.78 is 1.63. The number of amides is 1. The van der Waals surface area contributed by atoms with Gasteiger partial charge < -0.3 is 4.98 Å². The zero-order chi connectivity index (χ0) is 23.3. The number of hydrogen-bond donors (Lipinski definition) is 2. The Morgan fingerprint density at radius 3 is 2.88 bits per heavy atom. The maximum absolute atomic E-state index is 12.7. The van der Waals surface area contributed by atoms with Crippen LogP contribution in [0.2, 0.25) is 0 Å². The highest BCUT2D eigenvalue weighted by atomic mass is 32.2. The molecule has 5 rings (SSSR count). The van der Waals surface area contributed by atoms with Gasteiger partial charge in [-0.15, -0.1) is 28.2 Å². The average Bonchev–Trinajstić information content (AvgIpc) is 3.47. The van der Waals surface area contributed by atoms with Gasteiger partial charge in [0, 0.05) is 23.3 Å². The molecule has 5 aromatic rings. The number of aromatic amines is 1. The number of thiophene rings is 1. The van der Waals surface area contributed by atoms with E-state index in [2.05, 4.69) is 30.4 Å². The number of carbonyl (C=O) groups is 1. The van der Waals surface area contributed by atoms with Crippen molar-refractivity contribution in [1.82, 2.24) is 29.7 Å². The molecule has 2 N–H and O–H groups in total. The highest BCUT2D eigenvalue weighted by Gasteiger charge is 2.13. The smallest absolute Gasteiger partial charge is 0.260 e. The summed E-state index contributed by atoms with van der Waals surface area (Å²) >= 11 is 2.79. The molecule has 4 heterocycles. The Morgan fingerprint density at radius 1 is 1.18 bits per heavy atom. The fraction of sp³-hybridized carbons (Fsp3) is 0.130. The van der Waals surface area contributed by atoms with Crippen LogP contribution in [-0.4, -0.2) is 41.4 Å². The van der Waals surface area contributed by atoms with Crippen molar-refractivity contribution in [1.29, 1.82) is 0 Å². The van der Waals surface area contributed by atoms with Crippen molar-refractivity contribution >= 4 is 45.2 Å². The van der Waals surface area contributed by atoms with E-state index < -0.39 is 0 Å². The fourth-order valence-corrected chi connectivity index (χ4v) is 5.06. The molecule has 0 aliphatic rings. The molecule has 4 aromatic heterocycles. The van der Waals surface area contributed by atoms with Crippen LogP contribution in [-0.2, 0) is 17.1 Å². The van der Waals surface area contributed by atoms with Crippen molar-refractivity contribution in [3.8, 4) is 11.1 Å². The molecule has 0 saturated carbocycles. The molecule has 0 fully saturated rings. The first-order valence-corrected chi connectivity index (χ1v) is 12.4. The number of fused-ring (bicyclic) bond motifs is 1. The lowest BCUT2D eigenvalue weighted by Gasteiger charge is -2.03. The van der Waals surface area contributed by atoms with Crippen molar-refractivity contribution in [3.05, 3.63) is 88.3 Å². The number of hydrogen-bond acceptors (Lipinski definition) is 8. The van der Waals surface area contributed by atoms with Crippen LogP contribution in [0.4, 0.5) is 5.95 Å². The van der Waals surface area contributed by atoms with Crippen molar-refractivity contribution in [2.75, 3.05) is 11.1 Å². The maximum atomic E-state index is 12.7. The fourth-order valence-electron chi connectivity index (χ4n) is 3.40. The third-order valence-corrected chi connectivity index (χ3v) is 6.72. The largest absolute Gasteiger partial charge is 0.309 e. The van der Waals surface area contributed by atoms with Gasteiger partial charge in [-0.1, -0.05) is 36.4 Å². The Labute approximate surface area is 202 Å². The van der Waals surface area contributed by atoms with Gasteiger partial charge in [-0.25, -0.2) is 14.6 Å². The number of rotatable bonds is 8. The quantitative estimate of drug-likeness (QED) is 0.342. The van der Waals surface area contributed by atoms with E-state index in [0.29, 0.717) is 28.3 Å². The number of nitrogens with zero attached hydrogens (tertiary/aromatic N) is 5. The molecule has 0 spiro atoms. The average molecular weight is 490 g/mol. The number of pyridine rings is 1. The Hall–Kier alpha value is -3.83. The van der Waals surface area contributed by atoms with Gasteiger partial charge in [-0.2, -0.15) is 0 Å². The molecule has 0 aliphatic heterocycles. The minimum absolute atomic E-state index is 0.173. The number of nitrogens with one attached hydrogen (secondary N) is 2. The third kappa shape index (κ3) is 5.05. The minimum atomic E-state index is -0.227. The van der Waals surface area contributed by atoms with Crippen LogP contribution in [0.5, 0.6) is 0 Å². The van der Waals surface area contributed by atoms with E-state index in [1.807, 2.05) is 47.8 Å². The summed E-state index contributed by atoms with van der Waals surface area (Å²) in [6.45, 7) is 0.516. The predicted molar refractivity (Wildman–Crippen MR) is 134 cm³/mol. The van der Waals surface area contributed by atoms with Crippen LogP contribution in [0, 0.1) is 0 Å². The molecule has 0 radical (unpaired) electrons. The van der Waals surface area contributed by atoms with E-state index in [9.17, 15) is 9.59 Å². The standard InChI is InChI=1S/C23H19N7O2S2/c31-19(28-23-25-14-30(29-23)10-15-5-4-8-24-9-15)13-33-12-18-26-21(32)20-17(11-34-22(20)27-18)16-6-2-1-3-7-16/h1-9,11,14H,10,12-13H2,(H,26,27,32)(H,28,29,31). The summed E-state index contributed by atoms with van der Waals surface area (Å²) in [4.78, 5) is 41.3. The number of aromatic nitrogens is 6. The topological polar surface area (TPSA) is 118 Å². The normalized spacial score (nSPS) is 11.1.